The van der Waals surface area contributed by atoms with E-state index in [0.29, 0.717) is 5.69 Å². The number of nitrogens with zero attached hydrogens (tertiary/aromatic N) is 1. The first-order chi connectivity index (χ1) is 6.77. The summed E-state index contributed by atoms with van der Waals surface area (Å²) in [7, 11) is 0. The maximum absolute atomic E-state index is 13.3. The Balaban J connectivity index is 0.00000112. The monoisotopic (exact) mass is 234 g/mol. The van der Waals surface area contributed by atoms with Crippen molar-refractivity contribution in [1.29, 1.82) is 0 Å². The summed E-state index contributed by atoms with van der Waals surface area (Å²) in [5.74, 6) is -1.01. The summed E-state index contributed by atoms with van der Waals surface area (Å²) in [6.45, 7) is 3.22. The SMILES string of the molecule is Cl.Fc1ccc(N2CCNCC2)c(F)c1. The standard InChI is InChI=1S/C10H12F2N2.ClH/c11-8-1-2-10(9(12)7-8)14-5-3-13-4-6-14;/h1-2,7,13H,3-6H2;1H. The van der Waals surface area contributed by atoms with E-state index in [4.69, 9.17) is 0 Å². The lowest BCUT2D eigenvalue weighted by Crippen LogP contribution is -2.43. The minimum Gasteiger partial charge on any atom is -0.367 e. The second-order valence-corrected chi connectivity index (χ2v) is 3.33. The summed E-state index contributed by atoms with van der Waals surface area (Å²) in [4.78, 5) is 1.92. The van der Waals surface area contributed by atoms with Crippen LogP contribution in [0.1, 0.15) is 0 Å². The Morgan fingerprint density at radius 1 is 1.13 bits per heavy atom. The molecule has 0 atom stereocenters. The molecule has 2 rings (SSSR count). The molecule has 1 aliphatic heterocycles. The van der Waals surface area contributed by atoms with Gasteiger partial charge in [-0.05, 0) is 12.1 Å². The number of hydrogen-bond acceptors (Lipinski definition) is 2. The normalized spacial score (nSPS) is 16.0. The van der Waals surface area contributed by atoms with Crippen molar-refractivity contribution in [2.75, 3.05) is 31.1 Å². The van der Waals surface area contributed by atoms with Crippen LogP contribution in [0.5, 0.6) is 0 Å². The molecule has 1 heterocycles. The topological polar surface area (TPSA) is 15.3 Å². The van der Waals surface area contributed by atoms with Crippen LogP contribution in [0.2, 0.25) is 0 Å². The molecule has 1 N–H and O–H groups in total. The third-order valence-corrected chi connectivity index (χ3v) is 2.37. The van der Waals surface area contributed by atoms with Crippen LogP contribution in [0.3, 0.4) is 0 Å². The molecule has 1 aromatic rings. The minimum atomic E-state index is -0.526. The van der Waals surface area contributed by atoms with Crippen LogP contribution in [-0.4, -0.2) is 26.2 Å². The Bertz CT molecular complexity index is 327. The number of anilines is 1. The van der Waals surface area contributed by atoms with E-state index in [1.165, 1.54) is 12.1 Å². The molecular formula is C10H13ClF2N2. The highest BCUT2D eigenvalue weighted by Crippen LogP contribution is 2.20. The number of halogens is 3. The van der Waals surface area contributed by atoms with Crippen LogP contribution in [0.4, 0.5) is 14.5 Å². The van der Waals surface area contributed by atoms with Crippen molar-refractivity contribution < 1.29 is 8.78 Å². The Labute approximate surface area is 93.7 Å². The Morgan fingerprint density at radius 2 is 1.80 bits per heavy atom. The van der Waals surface area contributed by atoms with Gasteiger partial charge in [0.05, 0.1) is 5.69 Å². The van der Waals surface area contributed by atoms with Crippen molar-refractivity contribution in [1.82, 2.24) is 5.32 Å². The molecule has 1 fully saturated rings. The van der Waals surface area contributed by atoms with Gasteiger partial charge in [0.25, 0.3) is 0 Å². The zero-order chi connectivity index (χ0) is 9.97. The molecule has 15 heavy (non-hydrogen) atoms. The summed E-state index contributed by atoms with van der Waals surface area (Å²) in [5, 5.41) is 3.18. The Hall–Kier alpha value is -0.870. The van der Waals surface area contributed by atoms with Crippen molar-refractivity contribution in [3.8, 4) is 0 Å². The molecular weight excluding hydrogens is 222 g/mol. The Kier molecular flexibility index (Phi) is 4.29. The van der Waals surface area contributed by atoms with E-state index in [0.717, 1.165) is 32.2 Å². The maximum atomic E-state index is 13.3. The van der Waals surface area contributed by atoms with E-state index in [-0.39, 0.29) is 12.4 Å². The molecule has 2 nitrogen and oxygen atoms in total. The van der Waals surface area contributed by atoms with Gasteiger partial charge >= 0.3 is 0 Å². The molecule has 5 heteroatoms. The fourth-order valence-electron chi connectivity index (χ4n) is 1.64. The largest absolute Gasteiger partial charge is 0.367 e. The van der Waals surface area contributed by atoms with Gasteiger partial charge in [0.1, 0.15) is 11.6 Å². The third kappa shape index (κ3) is 2.79. The minimum absolute atomic E-state index is 0. The molecule has 0 spiro atoms. The fourth-order valence-corrected chi connectivity index (χ4v) is 1.64. The number of nitrogens with one attached hydrogen (secondary N) is 1. The Morgan fingerprint density at radius 3 is 2.40 bits per heavy atom. The smallest absolute Gasteiger partial charge is 0.149 e. The number of hydrogen-bond donors (Lipinski definition) is 1. The van der Waals surface area contributed by atoms with Crippen LogP contribution in [0.15, 0.2) is 18.2 Å². The molecule has 1 aromatic carbocycles. The second-order valence-electron chi connectivity index (χ2n) is 3.33. The van der Waals surface area contributed by atoms with Gasteiger partial charge in [0, 0.05) is 32.2 Å². The van der Waals surface area contributed by atoms with Crippen LogP contribution < -0.4 is 10.2 Å². The third-order valence-electron chi connectivity index (χ3n) is 2.37. The van der Waals surface area contributed by atoms with Crippen molar-refractivity contribution in [2.24, 2.45) is 0 Å². The molecule has 0 bridgehead atoms. The maximum Gasteiger partial charge on any atom is 0.149 e. The zero-order valence-electron chi connectivity index (χ0n) is 8.17. The molecule has 1 aliphatic rings. The predicted octanol–water partition coefficient (Wildman–Crippen LogP) is 1.80. The first kappa shape index (κ1) is 12.2. The van der Waals surface area contributed by atoms with Gasteiger partial charge in [-0.3, -0.25) is 0 Å². The fraction of sp³-hybridized carbons (Fsp3) is 0.400. The van der Waals surface area contributed by atoms with Gasteiger partial charge in [0.2, 0.25) is 0 Å². The van der Waals surface area contributed by atoms with E-state index in [1.54, 1.807) is 0 Å². The second kappa shape index (κ2) is 5.28. The summed E-state index contributed by atoms with van der Waals surface area (Å²) >= 11 is 0. The van der Waals surface area contributed by atoms with Crippen LogP contribution in [0, 0.1) is 11.6 Å². The molecule has 0 unspecified atom stereocenters. The van der Waals surface area contributed by atoms with Gasteiger partial charge in [-0.1, -0.05) is 0 Å². The van der Waals surface area contributed by atoms with E-state index >= 15 is 0 Å². The lowest BCUT2D eigenvalue weighted by atomic mass is 10.2. The van der Waals surface area contributed by atoms with Gasteiger partial charge < -0.3 is 10.2 Å². The zero-order valence-corrected chi connectivity index (χ0v) is 8.99. The van der Waals surface area contributed by atoms with E-state index < -0.39 is 11.6 Å². The van der Waals surface area contributed by atoms with E-state index in [9.17, 15) is 8.78 Å². The molecule has 0 amide bonds. The molecule has 0 radical (unpaired) electrons. The molecule has 0 aromatic heterocycles. The highest BCUT2D eigenvalue weighted by molar-refractivity contribution is 5.85. The lowest BCUT2D eigenvalue weighted by molar-refractivity contribution is 0.554. The quantitative estimate of drug-likeness (QED) is 0.797. The highest BCUT2D eigenvalue weighted by atomic mass is 35.5. The number of piperazine rings is 1. The molecule has 84 valence electrons. The van der Waals surface area contributed by atoms with Gasteiger partial charge in [-0.2, -0.15) is 0 Å². The first-order valence-corrected chi connectivity index (χ1v) is 4.68. The van der Waals surface area contributed by atoms with Gasteiger partial charge in [-0.25, -0.2) is 8.78 Å². The van der Waals surface area contributed by atoms with Crippen LogP contribution in [0.25, 0.3) is 0 Å². The van der Waals surface area contributed by atoms with Crippen molar-refractivity contribution in [3.05, 3.63) is 29.8 Å². The van der Waals surface area contributed by atoms with Crippen molar-refractivity contribution in [3.63, 3.8) is 0 Å². The van der Waals surface area contributed by atoms with Crippen molar-refractivity contribution >= 4 is 18.1 Å². The highest BCUT2D eigenvalue weighted by Gasteiger charge is 2.14. The predicted molar refractivity (Wildman–Crippen MR) is 58.7 cm³/mol. The summed E-state index contributed by atoms with van der Waals surface area (Å²) in [6.07, 6.45) is 0. The molecule has 0 aliphatic carbocycles. The number of benzene rings is 1. The van der Waals surface area contributed by atoms with Crippen molar-refractivity contribution in [2.45, 2.75) is 0 Å². The summed E-state index contributed by atoms with van der Waals surface area (Å²) in [6, 6.07) is 3.72. The average molecular weight is 235 g/mol. The van der Waals surface area contributed by atoms with E-state index in [2.05, 4.69) is 5.32 Å². The van der Waals surface area contributed by atoms with Gasteiger partial charge in [-0.15, -0.1) is 12.4 Å². The first-order valence-electron chi connectivity index (χ1n) is 4.68. The molecule has 1 saturated heterocycles. The van der Waals surface area contributed by atoms with Crippen LogP contribution in [-0.2, 0) is 0 Å². The van der Waals surface area contributed by atoms with Gasteiger partial charge in [0.15, 0.2) is 0 Å². The molecule has 0 saturated carbocycles. The summed E-state index contributed by atoms with van der Waals surface area (Å²) < 4.78 is 26.0. The van der Waals surface area contributed by atoms with E-state index in [1.807, 2.05) is 4.90 Å². The average Bonchev–Trinajstić information content (AvgIpc) is 2.19. The van der Waals surface area contributed by atoms with Crippen LogP contribution >= 0.6 is 12.4 Å². The number of rotatable bonds is 1. The lowest BCUT2D eigenvalue weighted by Gasteiger charge is -2.29. The summed E-state index contributed by atoms with van der Waals surface area (Å²) in [5.41, 5.74) is 0.493.